The van der Waals surface area contributed by atoms with E-state index in [-0.39, 0.29) is 17.6 Å². The molecular formula is C13H21FN2O3S. The summed E-state index contributed by atoms with van der Waals surface area (Å²) in [5.74, 6) is -0.720. The van der Waals surface area contributed by atoms with Crippen molar-refractivity contribution in [2.24, 2.45) is 4.99 Å². The number of hydrogen-bond acceptors (Lipinski definition) is 6. The molecule has 114 valence electrons. The third-order valence-electron chi connectivity index (χ3n) is 3.71. The number of thioether (sulfide) groups is 1. The van der Waals surface area contributed by atoms with Crippen LogP contribution in [0.25, 0.3) is 0 Å². The average Bonchev–Trinajstić information content (AvgIpc) is 2.86. The van der Waals surface area contributed by atoms with Crippen LogP contribution in [-0.2, 0) is 14.2 Å². The summed E-state index contributed by atoms with van der Waals surface area (Å²) in [5.41, 5.74) is -0.200. The Bertz CT molecular complexity index is 430. The van der Waals surface area contributed by atoms with Gasteiger partial charge in [0.05, 0.1) is 0 Å². The fraction of sp³-hybridized carbons (Fsp3) is 0.923. The van der Waals surface area contributed by atoms with Crippen molar-refractivity contribution < 1.29 is 18.6 Å². The van der Waals surface area contributed by atoms with Gasteiger partial charge < -0.3 is 19.1 Å². The molecule has 20 heavy (non-hydrogen) atoms. The Balaban J connectivity index is 1.89. The van der Waals surface area contributed by atoms with Crippen LogP contribution in [-0.4, -0.2) is 65.9 Å². The lowest BCUT2D eigenvalue weighted by molar-refractivity contribution is -0.162. The first kappa shape index (κ1) is 14.6. The number of hydrogen-bond donors (Lipinski definition) is 0. The summed E-state index contributed by atoms with van der Waals surface area (Å²) in [6, 6.07) is -0.140. The van der Waals surface area contributed by atoms with Gasteiger partial charge in [-0.2, -0.15) is 0 Å². The van der Waals surface area contributed by atoms with Gasteiger partial charge in [-0.25, -0.2) is 4.39 Å². The molecule has 6 atom stereocenters. The van der Waals surface area contributed by atoms with E-state index in [2.05, 4.69) is 4.99 Å². The van der Waals surface area contributed by atoms with Gasteiger partial charge in [-0.15, -0.1) is 0 Å². The van der Waals surface area contributed by atoms with Crippen LogP contribution in [0.3, 0.4) is 0 Å². The lowest BCUT2D eigenvalue weighted by Gasteiger charge is -2.38. The summed E-state index contributed by atoms with van der Waals surface area (Å²) in [6.45, 7) is 5.20. The first-order valence-corrected chi connectivity index (χ1v) is 7.73. The van der Waals surface area contributed by atoms with Crippen molar-refractivity contribution in [2.45, 2.75) is 62.5 Å². The van der Waals surface area contributed by atoms with Gasteiger partial charge in [-0.3, -0.25) is 4.99 Å². The second kappa shape index (κ2) is 4.83. The summed E-state index contributed by atoms with van der Waals surface area (Å²) >= 11 is 1.52. The van der Waals surface area contributed by atoms with E-state index in [9.17, 15) is 4.39 Å². The van der Waals surface area contributed by atoms with Gasteiger partial charge in [-0.05, 0) is 20.8 Å². The zero-order chi connectivity index (χ0) is 14.7. The molecule has 3 rings (SSSR count). The molecule has 0 aromatic rings. The summed E-state index contributed by atoms with van der Waals surface area (Å²) in [7, 11) is 3.87. The molecule has 3 aliphatic rings. The van der Waals surface area contributed by atoms with Gasteiger partial charge >= 0.3 is 0 Å². The maximum Gasteiger partial charge on any atom is 0.164 e. The summed E-state index contributed by atoms with van der Waals surface area (Å²) in [4.78, 5) is 6.61. The van der Waals surface area contributed by atoms with Crippen molar-refractivity contribution in [3.05, 3.63) is 0 Å². The largest absolute Gasteiger partial charge is 0.358 e. The fourth-order valence-electron chi connectivity index (χ4n) is 2.89. The summed E-state index contributed by atoms with van der Waals surface area (Å²) in [6.07, 6.45) is -2.37. The molecule has 3 heterocycles. The predicted molar refractivity (Wildman–Crippen MR) is 75.6 cm³/mol. The van der Waals surface area contributed by atoms with Crippen LogP contribution in [0.15, 0.2) is 4.99 Å². The van der Waals surface area contributed by atoms with Crippen molar-refractivity contribution in [1.82, 2.24) is 4.90 Å². The highest BCUT2D eigenvalue weighted by Gasteiger charge is 2.58. The Morgan fingerprint density at radius 1 is 1.30 bits per heavy atom. The van der Waals surface area contributed by atoms with Gasteiger partial charge in [-0.1, -0.05) is 11.8 Å². The lowest BCUT2D eigenvalue weighted by Crippen LogP contribution is -2.55. The normalized spacial score (nSPS) is 43.7. The molecule has 3 aliphatic heterocycles. The van der Waals surface area contributed by atoms with Crippen molar-refractivity contribution in [3.8, 4) is 0 Å². The molecule has 0 aromatic carbocycles. The standard InChI is InChI=1S/C13H21FN2O3S/c1-6(14)8-10-9(18-13(2,3)19-10)7-11(17-8)20-12(15-7)16(4)5/h6-11H,1-5H3/t6-,7+,8+,9+,10+,11+/m0/s1. The molecule has 0 saturated carbocycles. The van der Waals surface area contributed by atoms with E-state index in [1.54, 1.807) is 0 Å². The minimum absolute atomic E-state index is 0.140. The third-order valence-corrected chi connectivity index (χ3v) is 5.01. The maximum absolute atomic E-state index is 13.9. The molecule has 0 spiro atoms. The number of fused-ring (bicyclic) bond motifs is 3. The Hall–Kier alpha value is -0.370. The van der Waals surface area contributed by atoms with Gasteiger partial charge in [0.25, 0.3) is 0 Å². The summed E-state index contributed by atoms with van der Waals surface area (Å²) in [5, 5.41) is 0.888. The molecule has 0 unspecified atom stereocenters. The Kier molecular flexibility index (Phi) is 3.52. The second-order valence-electron chi connectivity index (χ2n) is 6.13. The molecule has 0 N–H and O–H groups in total. The first-order valence-electron chi connectivity index (χ1n) is 6.85. The molecule has 7 heteroatoms. The van der Waals surface area contributed by atoms with Crippen molar-refractivity contribution in [3.63, 3.8) is 0 Å². The highest BCUT2D eigenvalue weighted by atomic mass is 32.2. The van der Waals surface area contributed by atoms with Crippen LogP contribution < -0.4 is 0 Å². The Labute approximate surface area is 122 Å². The molecular weight excluding hydrogens is 283 g/mol. The Morgan fingerprint density at radius 3 is 2.55 bits per heavy atom. The minimum Gasteiger partial charge on any atom is -0.358 e. The molecule has 0 aliphatic carbocycles. The number of rotatable bonds is 1. The average molecular weight is 304 g/mol. The number of alkyl halides is 1. The lowest BCUT2D eigenvalue weighted by atomic mass is 9.96. The van der Waals surface area contributed by atoms with Gasteiger partial charge in [0.15, 0.2) is 11.0 Å². The van der Waals surface area contributed by atoms with E-state index in [0.29, 0.717) is 0 Å². The van der Waals surface area contributed by atoms with Crippen LogP contribution in [0.4, 0.5) is 4.39 Å². The van der Waals surface area contributed by atoms with Crippen molar-refractivity contribution in [1.29, 1.82) is 0 Å². The first-order chi connectivity index (χ1) is 9.28. The minimum atomic E-state index is -1.11. The molecule has 5 nitrogen and oxygen atoms in total. The van der Waals surface area contributed by atoms with Gasteiger partial charge in [0, 0.05) is 14.1 Å². The summed E-state index contributed by atoms with van der Waals surface area (Å²) < 4.78 is 31.6. The topological polar surface area (TPSA) is 43.3 Å². The van der Waals surface area contributed by atoms with E-state index >= 15 is 0 Å². The van der Waals surface area contributed by atoms with E-state index in [1.165, 1.54) is 18.7 Å². The second-order valence-corrected chi connectivity index (χ2v) is 7.19. The number of aliphatic imine (C=N–C) groups is 1. The molecule has 2 saturated heterocycles. The van der Waals surface area contributed by atoms with E-state index in [4.69, 9.17) is 14.2 Å². The number of ether oxygens (including phenoxy) is 3. The molecule has 0 radical (unpaired) electrons. The molecule has 0 amide bonds. The van der Waals surface area contributed by atoms with E-state index < -0.39 is 24.2 Å². The zero-order valence-corrected chi connectivity index (χ0v) is 13.2. The SMILES string of the molecule is C[C@H](F)[C@H]1O[C@@H]2SC(N(C)C)=N[C@@H]2[C@H]2OC(C)(C)O[C@@H]21. The Morgan fingerprint density at radius 2 is 1.95 bits per heavy atom. The highest BCUT2D eigenvalue weighted by molar-refractivity contribution is 8.14. The molecule has 2 fully saturated rings. The van der Waals surface area contributed by atoms with Crippen molar-refractivity contribution in [2.75, 3.05) is 14.1 Å². The maximum atomic E-state index is 13.9. The van der Waals surface area contributed by atoms with Crippen molar-refractivity contribution >= 4 is 16.9 Å². The van der Waals surface area contributed by atoms with Crippen LogP contribution in [0.5, 0.6) is 0 Å². The van der Waals surface area contributed by atoms with Gasteiger partial charge in [0.1, 0.15) is 36.0 Å². The molecule has 0 aromatic heterocycles. The van der Waals surface area contributed by atoms with Crippen LogP contribution in [0.1, 0.15) is 20.8 Å². The highest BCUT2D eigenvalue weighted by Crippen LogP contribution is 2.45. The predicted octanol–water partition coefficient (Wildman–Crippen LogP) is 1.62. The molecule has 0 bridgehead atoms. The monoisotopic (exact) mass is 304 g/mol. The number of amidine groups is 1. The van der Waals surface area contributed by atoms with Crippen LogP contribution >= 0.6 is 11.8 Å². The number of nitrogens with zero attached hydrogens (tertiary/aromatic N) is 2. The van der Waals surface area contributed by atoms with E-state index in [0.717, 1.165) is 5.17 Å². The third kappa shape index (κ3) is 2.34. The number of halogens is 1. The fourth-order valence-corrected chi connectivity index (χ4v) is 4.03. The van der Waals surface area contributed by atoms with Gasteiger partial charge in [0.2, 0.25) is 0 Å². The smallest absolute Gasteiger partial charge is 0.164 e. The quantitative estimate of drug-likeness (QED) is 0.736. The van der Waals surface area contributed by atoms with Crippen LogP contribution in [0.2, 0.25) is 0 Å². The van der Waals surface area contributed by atoms with E-state index in [1.807, 2.05) is 32.8 Å². The van der Waals surface area contributed by atoms with Crippen LogP contribution in [0, 0.1) is 0 Å². The zero-order valence-electron chi connectivity index (χ0n) is 12.4.